The number of aromatic nitrogens is 4. The van der Waals surface area contributed by atoms with Gasteiger partial charge in [0.2, 0.25) is 0 Å². The normalized spacial score (nSPS) is 14.5. The standard InChI is InChI=1S/C22H22N6OS/c1-15-20(16(2)28(25-15)19-9-5-6-10-23-19)26-11-13-27(14-12-26)22(29)21-24-17-7-3-4-8-18(17)30-21/h3-10H,11-14H2,1-2H3. The number of nitrogens with zero attached hydrogens (tertiary/aromatic N) is 6. The molecule has 152 valence electrons. The van der Waals surface area contributed by atoms with Gasteiger partial charge in [0, 0.05) is 32.4 Å². The van der Waals surface area contributed by atoms with Crippen molar-refractivity contribution in [2.24, 2.45) is 0 Å². The molecule has 0 bridgehead atoms. The van der Waals surface area contributed by atoms with Crippen molar-refractivity contribution >= 4 is 33.1 Å². The summed E-state index contributed by atoms with van der Waals surface area (Å²) in [7, 11) is 0. The third-order valence-corrected chi connectivity index (χ3v) is 6.50. The van der Waals surface area contributed by atoms with Crippen molar-refractivity contribution < 1.29 is 4.79 Å². The minimum absolute atomic E-state index is 0.0217. The maximum atomic E-state index is 13.0. The molecule has 3 aromatic heterocycles. The van der Waals surface area contributed by atoms with Gasteiger partial charge in [0.05, 0.1) is 27.3 Å². The van der Waals surface area contributed by atoms with Gasteiger partial charge in [-0.3, -0.25) is 4.79 Å². The van der Waals surface area contributed by atoms with E-state index in [0.29, 0.717) is 18.1 Å². The lowest BCUT2D eigenvalue weighted by atomic mass is 10.2. The molecule has 0 N–H and O–H groups in total. The maximum absolute atomic E-state index is 13.0. The number of carbonyl (C=O) groups is 1. The van der Waals surface area contributed by atoms with E-state index in [1.54, 1.807) is 6.20 Å². The van der Waals surface area contributed by atoms with Crippen LogP contribution < -0.4 is 4.90 Å². The largest absolute Gasteiger partial charge is 0.365 e. The molecule has 1 aliphatic heterocycles. The maximum Gasteiger partial charge on any atom is 0.282 e. The van der Waals surface area contributed by atoms with Gasteiger partial charge >= 0.3 is 0 Å². The highest BCUT2D eigenvalue weighted by Gasteiger charge is 2.27. The van der Waals surface area contributed by atoms with E-state index in [-0.39, 0.29) is 5.91 Å². The van der Waals surface area contributed by atoms with Gasteiger partial charge in [0.1, 0.15) is 0 Å². The van der Waals surface area contributed by atoms with Crippen LogP contribution >= 0.6 is 11.3 Å². The van der Waals surface area contributed by atoms with Crippen LogP contribution in [0.4, 0.5) is 5.69 Å². The van der Waals surface area contributed by atoms with Crippen molar-refractivity contribution in [2.75, 3.05) is 31.1 Å². The molecule has 0 unspecified atom stereocenters. The first-order chi connectivity index (χ1) is 14.6. The number of hydrogen-bond acceptors (Lipinski definition) is 6. The van der Waals surface area contributed by atoms with E-state index in [1.807, 2.05) is 59.0 Å². The van der Waals surface area contributed by atoms with Crippen LogP contribution in [0.1, 0.15) is 21.2 Å². The zero-order chi connectivity index (χ0) is 20.7. The number of hydrogen-bond donors (Lipinski definition) is 0. The molecule has 30 heavy (non-hydrogen) atoms. The highest BCUT2D eigenvalue weighted by Crippen LogP contribution is 2.28. The number of thiazole rings is 1. The number of fused-ring (bicyclic) bond motifs is 1. The smallest absolute Gasteiger partial charge is 0.282 e. The summed E-state index contributed by atoms with van der Waals surface area (Å²) in [6.07, 6.45) is 1.78. The Kier molecular flexibility index (Phi) is 4.71. The van der Waals surface area contributed by atoms with Crippen LogP contribution in [0, 0.1) is 13.8 Å². The third kappa shape index (κ3) is 3.23. The number of pyridine rings is 1. The fourth-order valence-electron chi connectivity index (χ4n) is 4.03. The number of aryl methyl sites for hydroxylation is 1. The molecule has 8 heteroatoms. The summed E-state index contributed by atoms with van der Waals surface area (Å²) in [5.41, 5.74) is 4.06. The van der Waals surface area contributed by atoms with E-state index in [0.717, 1.165) is 46.2 Å². The molecule has 1 fully saturated rings. The van der Waals surface area contributed by atoms with Crippen LogP contribution in [0.25, 0.3) is 16.0 Å². The quantitative estimate of drug-likeness (QED) is 0.510. The molecule has 0 spiro atoms. The second kappa shape index (κ2) is 7.53. The van der Waals surface area contributed by atoms with Crippen molar-refractivity contribution in [1.29, 1.82) is 0 Å². The van der Waals surface area contributed by atoms with Crippen LogP contribution in [-0.2, 0) is 0 Å². The molecular formula is C22H22N6OS. The summed E-state index contributed by atoms with van der Waals surface area (Å²) in [6.45, 7) is 6.98. The lowest BCUT2D eigenvalue weighted by Crippen LogP contribution is -2.49. The highest BCUT2D eigenvalue weighted by molar-refractivity contribution is 7.20. The topological polar surface area (TPSA) is 67.2 Å². The molecule has 0 aliphatic carbocycles. The Morgan fingerprint density at radius 3 is 2.50 bits per heavy atom. The zero-order valence-corrected chi connectivity index (χ0v) is 17.8. The van der Waals surface area contributed by atoms with Crippen LogP contribution in [0.3, 0.4) is 0 Å². The fraction of sp³-hybridized carbons (Fsp3) is 0.273. The average molecular weight is 419 g/mol. The molecule has 1 amide bonds. The first-order valence-electron chi connectivity index (χ1n) is 9.99. The fourth-order valence-corrected chi connectivity index (χ4v) is 4.96. The second-order valence-corrected chi connectivity index (χ2v) is 8.42. The number of rotatable bonds is 3. The number of para-hydroxylation sites is 1. The lowest BCUT2D eigenvalue weighted by molar-refractivity contribution is 0.0746. The first-order valence-corrected chi connectivity index (χ1v) is 10.8. The second-order valence-electron chi connectivity index (χ2n) is 7.39. The first kappa shape index (κ1) is 18.7. The van der Waals surface area contributed by atoms with Gasteiger partial charge in [-0.2, -0.15) is 5.10 Å². The van der Waals surface area contributed by atoms with Gasteiger partial charge in [0.15, 0.2) is 10.8 Å². The minimum Gasteiger partial charge on any atom is -0.365 e. The van der Waals surface area contributed by atoms with Crippen molar-refractivity contribution in [3.8, 4) is 5.82 Å². The molecule has 1 aliphatic rings. The Hall–Kier alpha value is -3.26. The van der Waals surface area contributed by atoms with Crippen LogP contribution in [0.15, 0.2) is 48.7 Å². The molecule has 4 aromatic rings. The van der Waals surface area contributed by atoms with E-state index >= 15 is 0 Å². The molecule has 4 heterocycles. The number of amides is 1. The Morgan fingerprint density at radius 2 is 1.77 bits per heavy atom. The average Bonchev–Trinajstić information content (AvgIpc) is 3.34. The summed E-state index contributed by atoms with van der Waals surface area (Å²) in [6, 6.07) is 13.7. The number of piperazine rings is 1. The van der Waals surface area contributed by atoms with Crippen LogP contribution in [-0.4, -0.2) is 56.7 Å². The minimum atomic E-state index is 0.0217. The summed E-state index contributed by atoms with van der Waals surface area (Å²) in [4.78, 5) is 26.1. The molecule has 1 aromatic carbocycles. The zero-order valence-electron chi connectivity index (χ0n) is 16.9. The summed E-state index contributed by atoms with van der Waals surface area (Å²) in [5, 5.41) is 5.27. The summed E-state index contributed by atoms with van der Waals surface area (Å²) < 4.78 is 2.94. The summed E-state index contributed by atoms with van der Waals surface area (Å²) >= 11 is 1.47. The van der Waals surface area contributed by atoms with Crippen LogP contribution in [0.5, 0.6) is 0 Å². The monoisotopic (exact) mass is 418 g/mol. The summed E-state index contributed by atoms with van der Waals surface area (Å²) in [5.74, 6) is 0.836. The number of carbonyl (C=O) groups excluding carboxylic acids is 1. The van der Waals surface area contributed by atoms with Gasteiger partial charge in [0.25, 0.3) is 5.91 Å². The van der Waals surface area contributed by atoms with E-state index in [1.165, 1.54) is 11.3 Å². The molecule has 0 atom stereocenters. The van der Waals surface area contributed by atoms with Crippen molar-refractivity contribution in [1.82, 2.24) is 24.6 Å². The van der Waals surface area contributed by atoms with E-state index in [9.17, 15) is 4.79 Å². The predicted octanol–water partition coefficient (Wildman–Crippen LogP) is 3.46. The Balaban J connectivity index is 1.32. The Morgan fingerprint density at radius 1 is 1.00 bits per heavy atom. The third-order valence-electron chi connectivity index (χ3n) is 5.48. The van der Waals surface area contributed by atoms with E-state index in [2.05, 4.69) is 21.8 Å². The Labute approximate surface area is 178 Å². The molecular weight excluding hydrogens is 396 g/mol. The predicted molar refractivity (Wildman–Crippen MR) is 119 cm³/mol. The molecule has 0 radical (unpaired) electrons. The van der Waals surface area contributed by atoms with E-state index in [4.69, 9.17) is 5.10 Å². The van der Waals surface area contributed by atoms with Gasteiger partial charge in [-0.25, -0.2) is 14.6 Å². The lowest BCUT2D eigenvalue weighted by Gasteiger charge is -2.35. The van der Waals surface area contributed by atoms with Gasteiger partial charge < -0.3 is 9.80 Å². The van der Waals surface area contributed by atoms with Crippen molar-refractivity contribution in [3.05, 3.63) is 65.1 Å². The van der Waals surface area contributed by atoms with Gasteiger partial charge in [-0.1, -0.05) is 18.2 Å². The highest BCUT2D eigenvalue weighted by atomic mass is 32.1. The Bertz CT molecular complexity index is 1170. The molecule has 1 saturated heterocycles. The van der Waals surface area contributed by atoms with Crippen LogP contribution in [0.2, 0.25) is 0 Å². The molecule has 7 nitrogen and oxygen atoms in total. The molecule has 5 rings (SSSR count). The van der Waals surface area contributed by atoms with Crippen molar-refractivity contribution in [2.45, 2.75) is 13.8 Å². The SMILES string of the molecule is Cc1nn(-c2ccccn2)c(C)c1N1CCN(C(=O)c2nc3ccccc3s2)CC1. The number of benzene rings is 1. The molecule has 0 saturated carbocycles. The van der Waals surface area contributed by atoms with E-state index < -0.39 is 0 Å². The van der Waals surface area contributed by atoms with Gasteiger partial charge in [-0.05, 0) is 38.1 Å². The van der Waals surface area contributed by atoms with Crippen molar-refractivity contribution in [3.63, 3.8) is 0 Å². The number of anilines is 1. The van der Waals surface area contributed by atoms with Gasteiger partial charge in [-0.15, -0.1) is 11.3 Å².